The zero-order valence-corrected chi connectivity index (χ0v) is 18.4. The average molecular weight is 431 g/mol. The normalized spacial score (nSPS) is 19.1. The Labute approximate surface area is 183 Å². The van der Waals surface area contributed by atoms with Gasteiger partial charge in [-0.25, -0.2) is 4.79 Å². The summed E-state index contributed by atoms with van der Waals surface area (Å²) >= 11 is 0. The van der Waals surface area contributed by atoms with Gasteiger partial charge in [0.15, 0.2) is 0 Å². The Hall–Kier alpha value is -2.61. The summed E-state index contributed by atoms with van der Waals surface area (Å²) in [5.74, 6) is -1.43. The van der Waals surface area contributed by atoms with Crippen molar-refractivity contribution in [1.29, 1.82) is 0 Å². The molecule has 31 heavy (non-hydrogen) atoms. The molecule has 4 N–H and O–H groups in total. The van der Waals surface area contributed by atoms with Crippen molar-refractivity contribution in [1.82, 2.24) is 4.90 Å². The number of benzene rings is 1. The zero-order valence-electron chi connectivity index (χ0n) is 18.4. The molecular formula is C23H34N4O4. The lowest BCUT2D eigenvalue weighted by molar-refractivity contribution is -0.132. The minimum absolute atomic E-state index is 0.114. The smallest absolute Gasteiger partial charge is 0.337 e. The molecule has 8 nitrogen and oxygen atoms in total. The van der Waals surface area contributed by atoms with Gasteiger partial charge in [-0.15, -0.1) is 0 Å². The highest BCUT2D eigenvalue weighted by atomic mass is 16.4. The van der Waals surface area contributed by atoms with Crippen molar-refractivity contribution >= 4 is 29.2 Å². The van der Waals surface area contributed by atoms with Gasteiger partial charge in [0.2, 0.25) is 11.8 Å². The first kappa shape index (κ1) is 23.1. The lowest BCUT2D eigenvalue weighted by atomic mass is 9.83. The van der Waals surface area contributed by atoms with Crippen molar-refractivity contribution < 1.29 is 19.5 Å². The number of carboxylic acid groups (broad SMARTS) is 1. The van der Waals surface area contributed by atoms with Crippen LogP contribution in [0.5, 0.6) is 0 Å². The van der Waals surface area contributed by atoms with Crippen molar-refractivity contribution in [2.45, 2.75) is 63.8 Å². The predicted octanol–water partition coefficient (Wildman–Crippen LogP) is 2.82. The molecular weight excluding hydrogens is 396 g/mol. The highest BCUT2D eigenvalue weighted by Gasteiger charge is 2.45. The summed E-state index contributed by atoms with van der Waals surface area (Å²) in [6.07, 6.45) is 6.63. The van der Waals surface area contributed by atoms with Gasteiger partial charge in [0, 0.05) is 25.2 Å². The maximum Gasteiger partial charge on any atom is 0.337 e. The van der Waals surface area contributed by atoms with Crippen LogP contribution < -0.4 is 16.0 Å². The summed E-state index contributed by atoms with van der Waals surface area (Å²) in [7, 11) is 0. The fourth-order valence-corrected chi connectivity index (χ4v) is 4.78. The van der Waals surface area contributed by atoms with Crippen LogP contribution in [-0.2, 0) is 9.59 Å². The molecule has 0 saturated carbocycles. The second-order valence-corrected chi connectivity index (χ2v) is 8.62. The molecule has 0 atom stereocenters. The number of nitrogens with one attached hydrogen (secondary N) is 1. The van der Waals surface area contributed by atoms with E-state index in [-0.39, 0.29) is 17.4 Å². The molecule has 2 aliphatic rings. The van der Waals surface area contributed by atoms with E-state index in [1.54, 1.807) is 12.1 Å². The average Bonchev–Trinajstić information content (AvgIpc) is 2.78. The Bertz CT molecular complexity index is 812. The van der Waals surface area contributed by atoms with Gasteiger partial charge in [-0.1, -0.05) is 19.8 Å². The number of hydrogen-bond acceptors (Lipinski definition) is 5. The number of nitrogens with two attached hydrogens (primary N) is 1. The van der Waals surface area contributed by atoms with Crippen LogP contribution in [-0.4, -0.2) is 59.5 Å². The van der Waals surface area contributed by atoms with Crippen LogP contribution >= 0.6 is 0 Å². The van der Waals surface area contributed by atoms with Crippen LogP contribution in [0.25, 0.3) is 0 Å². The number of carboxylic acids is 1. The second-order valence-electron chi connectivity index (χ2n) is 8.62. The summed E-state index contributed by atoms with van der Waals surface area (Å²) < 4.78 is 0. The van der Waals surface area contributed by atoms with E-state index in [1.165, 1.54) is 12.5 Å². The topological polar surface area (TPSA) is 116 Å². The molecule has 2 fully saturated rings. The number of carbonyl (C=O) groups is 3. The molecule has 0 aromatic heterocycles. The molecule has 2 heterocycles. The molecule has 2 saturated heterocycles. The maximum absolute atomic E-state index is 12.4. The number of amides is 2. The van der Waals surface area contributed by atoms with Crippen molar-refractivity contribution in [3.05, 3.63) is 23.8 Å². The van der Waals surface area contributed by atoms with Crippen molar-refractivity contribution in [2.75, 3.05) is 36.4 Å². The van der Waals surface area contributed by atoms with Gasteiger partial charge < -0.3 is 21.1 Å². The van der Waals surface area contributed by atoms with Crippen LogP contribution in [0.2, 0.25) is 0 Å². The molecule has 2 aliphatic heterocycles. The summed E-state index contributed by atoms with van der Waals surface area (Å²) in [5, 5.41) is 12.6. The molecule has 1 aromatic carbocycles. The second kappa shape index (κ2) is 10.1. The number of rotatable bonds is 8. The predicted molar refractivity (Wildman–Crippen MR) is 120 cm³/mol. The first-order chi connectivity index (χ1) is 14.9. The Kier molecular flexibility index (Phi) is 7.54. The molecule has 0 spiro atoms. The van der Waals surface area contributed by atoms with E-state index >= 15 is 0 Å². The summed E-state index contributed by atoms with van der Waals surface area (Å²) in [6, 6.07) is 5.01. The summed E-state index contributed by atoms with van der Waals surface area (Å²) in [4.78, 5) is 40.6. The third-order valence-electron chi connectivity index (χ3n) is 6.62. The molecule has 0 bridgehead atoms. The standard InChI is InChI=1S/C23H34N4O4/c1-2-3-7-20(28)25-17-8-9-19(18(16-17)21(29)30)26-14-10-23(11-15-26,22(24)31)27-12-5-4-6-13-27/h8-9,16H,2-7,10-15H2,1H3,(H2,24,31)(H,25,28)(H,29,30). The van der Waals surface area contributed by atoms with Crippen LogP contribution in [0.15, 0.2) is 18.2 Å². The van der Waals surface area contributed by atoms with Gasteiger partial charge >= 0.3 is 5.97 Å². The van der Waals surface area contributed by atoms with E-state index in [0.29, 0.717) is 43.7 Å². The number of anilines is 2. The first-order valence-corrected chi connectivity index (χ1v) is 11.3. The highest BCUT2D eigenvalue weighted by Crippen LogP contribution is 2.35. The van der Waals surface area contributed by atoms with E-state index in [0.717, 1.165) is 38.8 Å². The van der Waals surface area contributed by atoms with Crippen LogP contribution in [0.1, 0.15) is 68.6 Å². The lowest BCUT2D eigenvalue weighted by Gasteiger charge is -2.48. The Balaban J connectivity index is 1.75. The van der Waals surface area contributed by atoms with Crippen LogP contribution in [0.4, 0.5) is 11.4 Å². The van der Waals surface area contributed by atoms with Crippen molar-refractivity contribution in [2.24, 2.45) is 5.73 Å². The molecule has 3 rings (SSSR count). The minimum atomic E-state index is -1.04. The van der Waals surface area contributed by atoms with E-state index in [9.17, 15) is 19.5 Å². The van der Waals surface area contributed by atoms with Gasteiger partial charge in [0.1, 0.15) is 5.54 Å². The van der Waals surface area contributed by atoms with Gasteiger partial charge in [-0.3, -0.25) is 14.5 Å². The maximum atomic E-state index is 12.4. The van der Waals surface area contributed by atoms with Crippen molar-refractivity contribution in [3.63, 3.8) is 0 Å². The number of piperidine rings is 2. The molecule has 0 unspecified atom stereocenters. The molecule has 2 amide bonds. The molecule has 0 aliphatic carbocycles. The summed E-state index contributed by atoms with van der Waals surface area (Å²) in [6.45, 7) is 4.90. The fourth-order valence-electron chi connectivity index (χ4n) is 4.78. The Morgan fingerprint density at radius 1 is 1.10 bits per heavy atom. The third kappa shape index (κ3) is 5.18. The third-order valence-corrected chi connectivity index (χ3v) is 6.62. The van der Waals surface area contributed by atoms with E-state index in [2.05, 4.69) is 10.2 Å². The molecule has 1 aromatic rings. The first-order valence-electron chi connectivity index (χ1n) is 11.3. The van der Waals surface area contributed by atoms with E-state index in [1.807, 2.05) is 11.8 Å². The largest absolute Gasteiger partial charge is 0.478 e. The van der Waals surface area contributed by atoms with Crippen LogP contribution in [0, 0.1) is 0 Å². The minimum Gasteiger partial charge on any atom is -0.478 e. The molecule has 0 radical (unpaired) electrons. The fraction of sp³-hybridized carbons (Fsp3) is 0.609. The quantitative estimate of drug-likeness (QED) is 0.584. The zero-order chi connectivity index (χ0) is 22.4. The summed E-state index contributed by atoms with van der Waals surface area (Å²) in [5.41, 5.74) is 6.46. The van der Waals surface area contributed by atoms with Gasteiger partial charge in [-0.2, -0.15) is 0 Å². The number of unbranched alkanes of at least 4 members (excludes halogenated alkanes) is 1. The van der Waals surface area contributed by atoms with Gasteiger partial charge in [-0.05, 0) is 63.4 Å². The highest BCUT2D eigenvalue weighted by molar-refractivity contribution is 5.98. The number of hydrogen-bond donors (Lipinski definition) is 3. The Morgan fingerprint density at radius 3 is 2.35 bits per heavy atom. The van der Waals surface area contributed by atoms with Crippen LogP contribution in [0.3, 0.4) is 0 Å². The van der Waals surface area contributed by atoms with E-state index in [4.69, 9.17) is 5.73 Å². The Morgan fingerprint density at radius 2 is 1.77 bits per heavy atom. The SMILES string of the molecule is CCCCC(=O)Nc1ccc(N2CCC(C(N)=O)(N3CCCCC3)CC2)c(C(=O)O)c1. The van der Waals surface area contributed by atoms with E-state index < -0.39 is 11.5 Å². The molecule has 170 valence electrons. The monoisotopic (exact) mass is 430 g/mol. The number of likely N-dealkylation sites (tertiary alicyclic amines) is 1. The van der Waals surface area contributed by atoms with Crippen molar-refractivity contribution in [3.8, 4) is 0 Å². The molecule has 8 heteroatoms. The number of carbonyl (C=O) groups excluding carboxylic acids is 2. The number of aromatic carboxylic acids is 1. The number of nitrogens with zero attached hydrogens (tertiary/aromatic N) is 2. The van der Waals surface area contributed by atoms with Gasteiger partial charge in [0.05, 0.1) is 11.3 Å². The van der Waals surface area contributed by atoms with Gasteiger partial charge in [0.25, 0.3) is 0 Å². The lowest BCUT2D eigenvalue weighted by Crippen LogP contribution is -2.63. The number of primary amides is 1.